The van der Waals surface area contributed by atoms with E-state index in [9.17, 15) is 4.79 Å². The van der Waals surface area contributed by atoms with E-state index in [-0.39, 0.29) is 0 Å². The zero-order chi connectivity index (χ0) is 7.56. The predicted molar refractivity (Wildman–Crippen MR) is 35.6 cm³/mol. The zero-order valence-corrected chi connectivity index (χ0v) is 5.79. The molecule has 0 radical (unpaired) electrons. The number of carboxylic acids is 1. The summed E-state index contributed by atoms with van der Waals surface area (Å²) in [4.78, 5) is 10.1. The first-order valence-electron chi connectivity index (χ1n) is 3.61. The third-order valence-electron chi connectivity index (χ3n) is 2.07. The van der Waals surface area contributed by atoms with Gasteiger partial charge < -0.3 is 10.2 Å². The van der Waals surface area contributed by atoms with Crippen LogP contribution < -0.4 is 0 Å². The van der Waals surface area contributed by atoms with E-state index >= 15 is 0 Å². The van der Waals surface area contributed by atoms with Gasteiger partial charge in [-0.3, -0.25) is 0 Å². The van der Waals surface area contributed by atoms with Gasteiger partial charge in [0, 0.05) is 0 Å². The van der Waals surface area contributed by atoms with E-state index in [2.05, 4.69) is 0 Å². The Morgan fingerprint density at radius 1 is 1.60 bits per heavy atom. The van der Waals surface area contributed by atoms with Crippen LogP contribution in [0.15, 0.2) is 0 Å². The molecule has 0 unspecified atom stereocenters. The minimum Gasteiger partial charge on any atom is -0.479 e. The largest absolute Gasteiger partial charge is 0.479 e. The molecular formula is C7H12O3. The lowest BCUT2D eigenvalue weighted by molar-refractivity contribution is -0.147. The van der Waals surface area contributed by atoms with Gasteiger partial charge in [0.25, 0.3) is 0 Å². The van der Waals surface area contributed by atoms with Crippen molar-refractivity contribution >= 4 is 5.97 Å². The number of rotatable bonds is 3. The van der Waals surface area contributed by atoms with Crippen molar-refractivity contribution in [3.8, 4) is 0 Å². The molecule has 1 rings (SSSR count). The number of aliphatic hydroxyl groups is 1. The first kappa shape index (κ1) is 7.54. The Labute approximate surface area is 59.7 Å². The second kappa shape index (κ2) is 3.01. The van der Waals surface area contributed by atoms with Gasteiger partial charge in [-0.1, -0.05) is 19.3 Å². The molecule has 0 bridgehead atoms. The molecule has 0 aromatic heterocycles. The van der Waals surface area contributed by atoms with Crippen molar-refractivity contribution in [1.82, 2.24) is 0 Å². The molecule has 0 saturated heterocycles. The van der Waals surface area contributed by atoms with E-state index < -0.39 is 12.1 Å². The minimum atomic E-state index is -1.13. The van der Waals surface area contributed by atoms with Gasteiger partial charge in [0.2, 0.25) is 0 Å². The summed E-state index contributed by atoms with van der Waals surface area (Å²) in [6.45, 7) is 0. The number of hydrogen-bond acceptors (Lipinski definition) is 2. The molecule has 1 fully saturated rings. The molecule has 3 nitrogen and oxygen atoms in total. The molecule has 58 valence electrons. The van der Waals surface area contributed by atoms with Crippen molar-refractivity contribution in [1.29, 1.82) is 0 Å². The van der Waals surface area contributed by atoms with Gasteiger partial charge in [-0.2, -0.15) is 0 Å². The molecule has 3 heteroatoms. The summed E-state index contributed by atoms with van der Waals surface area (Å²) in [6, 6.07) is 0. The van der Waals surface area contributed by atoms with Crippen molar-refractivity contribution < 1.29 is 15.0 Å². The van der Waals surface area contributed by atoms with Crippen LogP contribution in [0, 0.1) is 5.92 Å². The molecule has 0 spiro atoms. The number of carbonyl (C=O) groups is 1. The van der Waals surface area contributed by atoms with Gasteiger partial charge >= 0.3 is 5.97 Å². The van der Waals surface area contributed by atoms with Crippen molar-refractivity contribution in [2.24, 2.45) is 5.92 Å². The monoisotopic (exact) mass is 144 g/mol. The van der Waals surface area contributed by atoms with Crippen LogP contribution >= 0.6 is 0 Å². The standard InChI is InChI=1S/C7H12O3/c8-6(7(9)10)4-5-2-1-3-5/h5-6,8H,1-4H2,(H,9,10)/t6-/m0/s1. The molecule has 1 aliphatic rings. The van der Waals surface area contributed by atoms with Gasteiger partial charge in [-0.05, 0) is 12.3 Å². The number of aliphatic hydroxyl groups excluding tert-OH is 1. The fourth-order valence-corrected chi connectivity index (χ4v) is 1.15. The highest BCUT2D eigenvalue weighted by Gasteiger charge is 2.24. The Bertz CT molecular complexity index is 129. The topological polar surface area (TPSA) is 57.5 Å². The Morgan fingerprint density at radius 2 is 2.20 bits per heavy atom. The molecule has 0 heterocycles. The highest BCUT2D eigenvalue weighted by molar-refractivity contribution is 5.71. The molecular weight excluding hydrogens is 132 g/mol. The van der Waals surface area contributed by atoms with Crippen LogP contribution in [0.3, 0.4) is 0 Å². The average Bonchev–Trinajstić information content (AvgIpc) is 1.77. The lowest BCUT2D eigenvalue weighted by Crippen LogP contribution is -2.25. The van der Waals surface area contributed by atoms with Gasteiger partial charge in [-0.25, -0.2) is 4.79 Å². The summed E-state index contributed by atoms with van der Waals surface area (Å²) >= 11 is 0. The van der Waals surface area contributed by atoms with Crippen LogP contribution in [-0.4, -0.2) is 22.3 Å². The Kier molecular flexibility index (Phi) is 2.27. The van der Waals surface area contributed by atoms with Crippen LogP contribution in [-0.2, 0) is 4.79 Å². The summed E-state index contributed by atoms with van der Waals surface area (Å²) in [7, 11) is 0. The van der Waals surface area contributed by atoms with E-state index in [1.54, 1.807) is 0 Å². The number of hydrogen-bond donors (Lipinski definition) is 2. The van der Waals surface area contributed by atoms with E-state index in [0.717, 1.165) is 12.8 Å². The highest BCUT2D eigenvalue weighted by atomic mass is 16.4. The molecule has 1 aliphatic carbocycles. The van der Waals surface area contributed by atoms with E-state index in [4.69, 9.17) is 10.2 Å². The lowest BCUT2D eigenvalue weighted by atomic mass is 9.81. The molecule has 1 saturated carbocycles. The Morgan fingerprint density at radius 3 is 2.50 bits per heavy atom. The van der Waals surface area contributed by atoms with Crippen LogP contribution in [0.2, 0.25) is 0 Å². The minimum absolute atomic E-state index is 0.440. The highest BCUT2D eigenvalue weighted by Crippen LogP contribution is 2.30. The van der Waals surface area contributed by atoms with Gasteiger partial charge in [0.05, 0.1) is 0 Å². The predicted octanol–water partition coefficient (Wildman–Crippen LogP) is 0.622. The smallest absolute Gasteiger partial charge is 0.332 e. The van der Waals surface area contributed by atoms with E-state index in [0.29, 0.717) is 12.3 Å². The quantitative estimate of drug-likeness (QED) is 0.610. The fourth-order valence-electron chi connectivity index (χ4n) is 1.15. The van der Waals surface area contributed by atoms with Gasteiger partial charge in [-0.15, -0.1) is 0 Å². The first-order valence-corrected chi connectivity index (χ1v) is 3.61. The maximum absolute atomic E-state index is 10.1. The Hall–Kier alpha value is -0.570. The molecule has 0 aliphatic heterocycles. The van der Waals surface area contributed by atoms with Crippen LogP contribution in [0.5, 0.6) is 0 Å². The number of aliphatic carboxylic acids is 1. The summed E-state index contributed by atoms with van der Waals surface area (Å²) in [5.41, 5.74) is 0. The summed E-state index contributed by atoms with van der Waals surface area (Å²) in [5.74, 6) is -0.627. The van der Waals surface area contributed by atoms with Crippen molar-refractivity contribution in [3.63, 3.8) is 0 Å². The molecule has 2 N–H and O–H groups in total. The SMILES string of the molecule is O=C(O)[C@@H](O)CC1CCC1. The van der Waals surface area contributed by atoms with E-state index in [1.807, 2.05) is 0 Å². The normalized spacial score (nSPS) is 21.7. The van der Waals surface area contributed by atoms with Crippen LogP contribution in [0.4, 0.5) is 0 Å². The second-order valence-electron chi connectivity index (χ2n) is 2.89. The van der Waals surface area contributed by atoms with Gasteiger partial charge in [0.15, 0.2) is 6.10 Å². The summed E-state index contributed by atoms with van der Waals surface area (Å²) < 4.78 is 0. The molecule has 1 atom stereocenters. The molecule has 0 aromatic carbocycles. The number of carboxylic acid groups (broad SMARTS) is 1. The maximum atomic E-state index is 10.1. The molecule has 0 aromatic rings. The van der Waals surface area contributed by atoms with E-state index in [1.165, 1.54) is 6.42 Å². The molecule has 0 amide bonds. The fraction of sp³-hybridized carbons (Fsp3) is 0.857. The first-order chi connectivity index (χ1) is 4.70. The van der Waals surface area contributed by atoms with Crippen molar-refractivity contribution in [2.75, 3.05) is 0 Å². The summed E-state index contributed by atoms with van der Waals surface area (Å²) in [6.07, 6.45) is 2.67. The van der Waals surface area contributed by atoms with Crippen LogP contribution in [0.25, 0.3) is 0 Å². The third-order valence-corrected chi connectivity index (χ3v) is 2.07. The van der Waals surface area contributed by atoms with Crippen LogP contribution in [0.1, 0.15) is 25.7 Å². The zero-order valence-electron chi connectivity index (χ0n) is 5.79. The maximum Gasteiger partial charge on any atom is 0.332 e. The second-order valence-corrected chi connectivity index (χ2v) is 2.89. The summed E-state index contributed by atoms with van der Waals surface area (Å²) in [5, 5.41) is 17.2. The lowest BCUT2D eigenvalue weighted by Gasteiger charge is -2.25. The van der Waals surface area contributed by atoms with Crippen molar-refractivity contribution in [2.45, 2.75) is 31.8 Å². The third kappa shape index (κ3) is 1.70. The average molecular weight is 144 g/mol. The van der Waals surface area contributed by atoms with Gasteiger partial charge in [0.1, 0.15) is 0 Å². The van der Waals surface area contributed by atoms with Crippen molar-refractivity contribution in [3.05, 3.63) is 0 Å². The molecule has 10 heavy (non-hydrogen) atoms. The Balaban J connectivity index is 2.16.